The second-order valence-electron chi connectivity index (χ2n) is 6.08. The standard InChI is InChI=1S/C13H25NO/c1-13(2,10-14-12-3-4-12)9-11-5-7-15-8-6-11/h11-12,14H,3-10H2,1-2H3. The molecule has 2 fully saturated rings. The van der Waals surface area contributed by atoms with Gasteiger partial charge in [0.05, 0.1) is 0 Å². The zero-order chi connectivity index (χ0) is 10.7. The summed E-state index contributed by atoms with van der Waals surface area (Å²) in [5.41, 5.74) is 0.463. The maximum atomic E-state index is 5.41. The SMILES string of the molecule is CC(C)(CNC1CC1)CC1CCOCC1. The maximum Gasteiger partial charge on any atom is 0.0468 e. The quantitative estimate of drug-likeness (QED) is 0.754. The highest BCUT2D eigenvalue weighted by Crippen LogP contribution is 2.31. The van der Waals surface area contributed by atoms with Crippen LogP contribution in [0.25, 0.3) is 0 Å². The first kappa shape index (κ1) is 11.4. The van der Waals surface area contributed by atoms with Crippen molar-refractivity contribution in [3.05, 3.63) is 0 Å². The van der Waals surface area contributed by atoms with Gasteiger partial charge < -0.3 is 10.1 Å². The molecule has 15 heavy (non-hydrogen) atoms. The lowest BCUT2D eigenvalue weighted by atomic mass is 9.79. The average molecular weight is 211 g/mol. The molecule has 0 radical (unpaired) electrons. The Morgan fingerprint density at radius 1 is 1.13 bits per heavy atom. The van der Waals surface area contributed by atoms with Gasteiger partial charge in [-0.1, -0.05) is 13.8 Å². The summed E-state index contributed by atoms with van der Waals surface area (Å²) in [4.78, 5) is 0. The topological polar surface area (TPSA) is 21.3 Å². The van der Waals surface area contributed by atoms with Crippen molar-refractivity contribution in [1.82, 2.24) is 5.32 Å². The van der Waals surface area contributed by atoms with Crippen LogP contribution in [-0.4, -0.2) is 25.8 Å². The number of hydrogen-bond acceptors (Lipinski definition) is 2. The molecule has 1 aliphatic carbocycles. The molecule has 1 N–H and O–H groups in total. The third-order valence-electron chi connectivity index (χ3n) is 3.63. The van der Waals surface area contributed by atoms with Gasteiger partial charge in [0.15, 0.2) is 0 Å². The molecule has 2 rings (SSSR count). The minimum atomic E-state index is 0.463. The van der Waals surface area contributed by atoms with Crippen molar-refractivity contribution in [2.45, 2.75) is 52.0 Å². The predicted molar refractivity (Wildman–Crippen MR) is 63.0 cm³/mol. The van der Waals surface area contributed by atoms with Crippen LogP contribution in [0.5, 0.6) is 0 Å². The first-order valence-corrected chi connectivity index (χ1v) is 6.47. The van der Waals surface area contributed by atoms with Crippen LogP contribution in [0.3, 0.4) is 0 Å². The molecule has 0 spiro atoms. The third kappa shape index (κ3) is 4.12. The molecular formula is C13H25NO. The minimum Gasteiger partial charge on any atom is -0.381 e. The number of nitrogens with one attached hydrogen (secondary N) is 1. The molecular weight excluding hydrogens is 186 g/mol. The fraction of sp³-hybridized carbons (Fsp3) is 1.00. The van der Waals surface area contributed by atoms with Gasteiger partial charge in [0.25, 0.3) is 0 Å². The Balaban J connectivity index is 1.69. The van der Waals surface area contributed by atoms with Crippen LogP contribution in [0.2, 0.25) is 0 Å². The van der Waals surface area contributed by atoms with E-state index in [0.717, 1.165) is 25.2 Å². The van der Waals surface area contributed by atoms with Gasteiger partial charge in [0, 0.05) is 25.8 Å². The Kier molecular flexibility index (Phi) is 3.68. The second-order valence-corrected chi connectivity index (χ2v) is 6.08. The van der Waals surface area contributed by atoms with E-state index in [0.29, 0.717) is 5.41 Å². The van der Waals surface area contributed by atoms with Crippen LogP contribution in [0.1, 0.15) is 46.0 Å². The van der Waals surface area contributed by atoms with Crippen LogP contribution in [0.4, 0.5) is 0 Å². The molecule has 0 aromatic carbocycles. The molecule has 2 aliphatic rings. The van der Waals surface area contributed by atoms with Gasteiger partial charge >= 0.3 is 0 Å². The highest BCUT2D eigenvalue weighted by molar-refractivity contribution is 4.85. The Labute approximate surface area is 93.8 Å². The number of rotatable bonds is 5. The van der Waals surface area contributed by atoms with Gasteiger partial charge in [-0.3, -0.25) is 0 Å². The summed E-state index contributed by atoms with van der Waals surface area (Å²) in [5.74, 6) is 0.898. The molecule has 1 saturated carbocycles. The van der Waals surface area contributed by atoms with Crippen molar-refractivity contribution < 1.29 is 4.74 Å². The molecule has 0 atom stereocenters. The van der Waals surface area contributed by atoms with E-state index in [-0.39, 0.29) is 0 Å². The smallest absolute Gasteiger partial charge is 0.0468 e. The van der Waals surface area contributed by atoms with Crippen molar-refractivity contribution in [3.63, 3.8) is 0 Å². The summed E-state index contributed by atoms with van der Waals surface area (Å²) in [6.07, 6.45) is 6.69. The summed E-state index contributed by atoms with van der Waals surface area (Å²) in [7, 11) is 0. The van der Waals surface area contributed by atoms with Crippen molar-refractivity contribution in [2.75, 3.05) is 19.8 Å². The van der Waals surface area contributed by atoms with E-state index >= 15 is 0 Å². The lowest BCUT2D eigenvalue weighted by Gasteiger charge is -2.32. The van der Waals surface area contributed by atoms with Crippen LogP contribution in [0, 0.1) is 11.3 Å². The highest BCUT2D eigenvalue weighted by Gasteiger charge is 2.28. The first-order valence-electron chi connectivity index (χ1n) is 6.47. The summed E-state index contributed by atoms with van der Waals surface area (Å²) >= 11 is 0. The molecule has 0 unspecified atom stereocenters. The number of ether oxygens (including phenoxy) is 1. The lowest BCUT2D eigenvalue weighted by Crippen LogP contribution is -2.33. The van der Waals surface area contributed by atoms with E-state index in [4.69, 9.17) is 4.74 Å². The molecule has 0 amide bonds. The summed E-state index contributed by atoms with van der Waals surface area (Å²) in [6.45, 7) is 7.96. The van der Waals surface area contributed by atoms with Gasteiger partial charge in [0.1, 0.15) is 0 Å². The minimum absolute atomic E-state index is 0.463. The normalized spacial score (nSPS) is 24.4. The van der Waals surface area contributed by atoms with Gasteiger partial charge in [-0.2, -0.15) is 0 Å². The van der Waals surface area contributed by atoms with Crippen molar-refractivity contribution in [2.24, 2.45) is 11.3 Å². The Morgan fingerprint density at radius 2 is 1.80 bits per heavy atom. The first-order chi connectivity index (χ1) is 7.16. The van der Waals surface area contributed by atoms with Crippen molar-refractivity contribution in [1.29, 1.82) is 0 Å². The zero-order valence-electron chi connectivity index (χ0n) is 10.2. The van der Waals surface area contributed by atoms with Gasteiger partial charge in [-0.05, 0) is 43.4 Å². The van der Waals surface area contributed by atoms with E-state index in [2.05, 4.69) is 19.2 Å². The molecule has 1 heterocycles. The predicted octanol–water partition coefficient (Wildman–Crippen LogP) is 2.58. The van der Waals surface area contributed by atoms with Gasteiger partial charge in [-0.25, -0.2) is 0 Å². The number of hydrogen-bond donors (Lipinski definition) is 1. The molecule has 0 aromatic rings. The van der Waals surface area contributed by atoms with Gasteiger partial charge in [-0.15, -0.1) is 0 Å². The fourth-order valence-electron chi connectivity index (χ4n) is 2.51. The second kappa shape index (κ2) is 4.84. The van der Waals surface area contributed by atoms with Crippen molar-refractivity contribution in [3.8, 4) is 0 Å². The van der Waals surface area contributed by atoms with E-state index in [9.17, 15) is 0 Å². The van der Waals surface area contributed by atoms with E-state index < -0.39 is 0 Å². The van der Waals surface area contributed by atoms with Crippen LogP contribution in [-0.2, 0) is 4.74 Å². The monoisotopic (exact) mass is 211 g/mol. The van der Waals surface area contributed by atoms with E-state index in [1.807, 2.05) is 0 Å². The highest BCUT2D eigenvalue weighted by atomic mass is 16.5. The average Bonchev–Trinajstić information content (AvgIpc) is 2.99. The largest absolute Gasteiger partial charge is 0.381 e. The summed E-state index contributed by atoms with van der Waals surface area (Å²) < 4.78 is 5.41. The third-order valence-corrected chi connectivity index (χ3v) is 3.63. The fourth-order valence-corrected chi connectivity index (χ4v) is 2.51. The molecule has 0 bridgehead atoms. The summed E-state index contributed by atoms with van der Waals surface area (Å²) in [6, 6.07) is 0.846. The van der Waals surface area contributed by atoms with Gasteiger partial charge in [0.2, 0.25) is 0 Å². The molecule has 88 valence electrons. The lowest BCUT2D eigenvalue weighted by molar-refractivity contribution is 0.0511. The van der Waals surface area contributed by atoms with Crippen LogP contribution >= 0.6 is 0 Å². The van der Waals surface area contributed by atoms with E-state index in [1.54, 1.807) is 0 Å². The van der Waals surface area contributed by atoms with E-state index in [1.165, 1.54) is 38.6 Å². The maximum absolute atomic E-state index is 5.41. The molecule has 1 aliphatic heterocycles. The van der Waals surface area contributed by atoms with Crippen LogP contribution < -0.4 is 5.32 Å². The molecule has 2 nitrogen and oxygen atoms in total. The Bertz CT molecular complexity index is 193. The summed E-state index contributed by atoms with van der Waals surface area (Å²) in [5, 5.41) is 3.66. The molecule has 2 heteroatoms. The molecule has 0 aromatic heterocycles. The Hall–Kier alpha value is -0.0800. The zero-order valence-corrected chi connectivity index (χ0v) is 10.2. The molecule has 1 saturated heterocycles. The Morgan fingerprint density at radius 3 is 2.40 bits per heavy atom. The van der Waals surface area contributed by atoms with Crippen LogP contribution in [0.15, 0.2) is 0 Å². The van der Waals surface area contributed by atoms with Crippen molar-refractivity contribution >= 4 is 0 Å².